The van der Waals surface area contributed by atoms with Crippen LogP contribution >= 0.6 is 11.6 Å². The Hall–Kier alpha value is -1.87. The van der Waals surface area contributed by atoms with E-state index in [0.717, 1.165) is 16.6 Å². The molecule has 0 aliphatic heterocycles. The minimum Gasteiger partial charge on any atom is -0.338 e. The van der Waals surface area contributed by atoms with Crippen LogP contribution in [0.2, 0.25) is 5.02 Å². The van der Waals surface area contributed by atoms with Crippen LogP contribution in [0.1, 0.15) is 5.56 Å². The maximum absolute atomic E-state index is 13.9. The number of halogens is 2. The molecule has 0 saturated heterocycles. The van der Waals surface area contributed by atoms with Crippen LogP contribution < -0.4 is 0 Å². The van der Waals surface area contributed by atoms with Crippen LogP contribution in [0.4, 0.5) is 4.39 Å². The van der Waals surface area contributed by atoms with Crippen molar-refractivity contribution in [1.82, 2.24) is 9.97 Å². The molecule has 0 aliphatic rings. The Morgan fingerprint density at radius 2 is 2.06 bits per heavy atom. The maximum Gasteiger partial charge on any atom is 0.152 e. The quantitative estimate of drug-likeness (QED) is 0.693. The zero-order chi connectivity index (χ0) is 12.7. The van der Waals surface area contributed by atoms with E-state index in [1.165, 1.54) is 6.07 Å². The Morgan fingerprint density at radius 3 is 2.89 bits per heavy atom. The molecule has 0 spiro atoms. The summed E-state index contributed by atoms with van der Waals surface area (Å²) in [6, 6.07) is 10.8. The summed E-state index contributed by atoms with van der Waals surface area (Å²) in [6.45, 7) is 2.00. The summed E-state index contributed by atoms with van der Waals surface area (Å²) < 4.78 is 13.9. The van der Waals surface area contributed by atoms with Crippen LogP contribution in [0.25, 0.3) is 22.4 Å². The van der Waals surface area contributed by atoms with Gasteiger partial charge in [0.05, 0.1) is 21.6 Å². The van der Waals surface area contributed by atoms with Crippen molar-refractivity contribution in [3.8, 4) is 11.4 Å². The molecular weight excluding hydrogens is 251 g/mol. The average Bonchev–Trinajstić information content (AvgIpc) is 2.75. The van der Waals surface area contributed by atoms with Gasteiger partial charge in [-0.15, -0.1) is 0 Å². The van der Waals surface area contributed by atoms with E-state index in [2.05, 4.69) is 9.97 Å². The number of hydrogen-bond acceptors (Lipinski definition) is 1. The van der Waals surface area contributed by atoms with E-state index in [0.29, 0.717) is 11.4 Å². The van der Waals surface area contributed by atoms with Crippen molar-refractivity contribution in [1.29, 1.82) is 0 Å². The first-order chi connectivity index (χ1) is 8.65. The molecule has 0 saturated carbocycles. The van der Waals surface area contributed by atoms with E-state index in [1.54, 1.807) is 12.1 Å². The van der Waals surface area contributed by atoms with Gasteiger partial charge in [-0.25, -0.2) is 9.37 Å². The van der Waals surface area contributed by atoms with Gasteiger partial charge in [0.15, 0.2) is 5.82 Å². The number of aromatic amines is 1. The van der Waals surface area contributed by atoms with Crippen molar-refractivity contribution in [2.45, 2.75) is 6.92 Å². The molecule has 1 N–H and O–H groups in total. The number of nitrogens with one attached hydrogen (secondary N) is 1. The highest BCUT2D eigenvalue weighted by atomic mass is 35.5. The van der Waals surface area contributed by atoms with E-state index in [-0.39, 0.29) is 5.02 Å². The number of hydrogen-bond donors (Lipinski definition) is 1. The molecule has 1 aromatic heterocycles. The number of H-pyrrole nitrogens is 1. The lowest BCUT2D eigenvalue weighted by Gasteiger charge is -2.00. The Balaban J connectivity index is 2.22. The molecule has 0 atom stereocenters. The lowest BCUT2D eigenvalue weighted by atomic mass is 10.2. The second kappa shape index (κ2) is 4.10. The third kappa shape index (κ3) is 1.77. The van der Waals surface area contributed by atoms with Crippen molar-refractivity contribution in [3.05, 3.63) is 52.8 Å². The van der Waals surface area contributed by atoms with Crippen LogP contribution in [0.3, 0.4) is 0 Å². The summed E-state index contributed by atoms with van der Waals surface area (Å²) in [5.74, 6) is 0.0468. The largest absolute Gasteiger partial charge is 0.338 e. The highest BCUT2D eigenvalue weighted by Gasteiger charge is 2.12. The summed E-state index contributed by atoms with van der Waals surface area (Å²) in [5.41, 5.74) is 3.22. The standard InChI is InChI=1S/C14H10ClFN2/c1-8-5-6-11-12(7-8)18-14(17-11)9-3-2-4-10(15)13(9)16/h2-7H,1H3,(H,17,18). The molecule has 0 radical (unpaired) electrons. The van der Waals surface area contributed by atoms with Gasteiger partial charge in [0, 0.05) is 0 Å². The summed E-state index contributed by atoms with van der Waals surface area (Å²) >= 11 is 5.77. The third-order valence-corrected chi connectivity index (χ3v) is 3.14. The van der Waals surface area contributed by atoms with E-state index >= 15 is 0 Å². The van der Waals surface area contributed by atoms with E-state index in [1.807, 2.05) is 25.1 Å². The fourth-order valence-corrected chi connectivity index (χ4v) is 2.11. The molecule has 2 nitrogen and oxygen atoms in total. The van der Waals surface area contributed by atoms with Crippen molar-refractivity contribution >= 4 is 22.6 Å². The number of rotatable bonds is 1. The summed E-state index contributed by atoms with van der Waals surface area (Å²) in [4.78, 5) is 7.48. The van der Waals surface area contributed by atoms with Crippen molar-refractivity contribution < 1.29 is 4.39 Å². The number of aromatic nitrogens is 2. The van der Waals surface area contributed by atoms with Crippen LogP contribution in [0.15, 0.2) is 36.4 Å². The minimum atomic E-state index is -0.449. The molecule has 2 aromatic carbocycles. The number of benzene rings is 2. The zero-order valence-electron chi connectivity index (χ0n) is 9.67. The molecule has 0 aliphatic carbocycles. The fourth-order valence-electron chi connectivity index (χ4n) is 1.94. The third-order valence-electron chi connectivity index (χ3n) is 2.84. The van der Waals surface area contributed by atoms with Gasteiger partial charge in [-0.05, 0) is 36.8 Å². The van der Waals surface area contributed by atoms with Gasteiger partial charge in [-0.1, -0.05) is 23.7 Å². The topological polar surface area (TPSA) is 28.7 Å². The van der Waals surface area contributed by atoms with Crippen LogP contribution in [-0.2, 0) is 0 Å². The summed E-state index contributed by atoms with van der Waals surface area (Å²) in [6.07, 6.45) is 0. The first-order valence-corrected chi connectivity index (χ1v) is 5.94. The molecule has 0 unspecified atom stereocenters. The highest BCUT2D eigenvalue weighted by molar-refractivity contribution is 6.31. The monoisotopic (exact) mass is 260 g/mol. The van der Waals surface area contributed by atoms with Gasteiger partial charge in [0.25, 0.3) is 0 Å². The van der Waals surface area contributed by atoms with E-state index in [4.69, 9.17) is 11.6 Å². The lowest BCUT2D eigenvalue weighted by Crippen LogP contribution is -1.86. The second-order valence-corrected chi connectivity index (χ2v) is 4.61. The number of aryl methyl sites for hydroxylation is 1. The van der Waals surface area contributed by atoms with Gasteiger partial charge >= 0.3 is 0 Å². The first-order valence-electron chi connectivity index (χ1n) is 5.56. The minimum absolute atomic E-state index is 0.101. The number of fused-ring (bicyclic) bond motifs is 1. The van der Waals surface area contributed by atoms with Crippen molar-refractivity contribution in [2.24, 2.45) is 0 Å². The van der Waals surface area contributed by atoms with Gasteiger partial charge in [-0.3, -0.25) is 0 Å². The molecule has 1 heterocycles. The Kier molecular flexibility index (Phi) is 2.56. The second-order valence-electron chi connectivity index (χ2n) is 4.21. The average molecular weight is 261 g/mol. The Labute approximate surface area is 108 Å². The van der Waals surface area contributed by atoms with Crippen LogP contribution in [-0.4, -0.2) is 9.97 Å². The van der Waals surface area contributed by atoms with Crippen molar-refractivity contribution in [3.63, 3.8) is 0 Å². The van der Waals surface area contributed by atoms with Crippen molar-refractivity contribution in [2.75, 3.05) is 0 Å². The molecule has 3 rings (SSSR count). The summed E-state index contributed by atoms with van der Waals surface area (Å²) in [7, 11) is 0. The van der Waals surface area contributed by atoms with Gasteiger partial charge in [-0.2, -0.15) is 0 Å². The SMILES string of the molecule is Cc1ccc2nc(-c3cccc(Cl)c3F)[nH]c2c1. The maximum atomic E-state index is 13.9. The first kappa shape index (κ1) is 11.2. The molecule has 4 heteroatoms. The molecule has 0 amide bonds. The Morgan fingerprint density at radius 1 is 1.22 bits per heavy atom. The van der Waals surface area contributed by atoms with Gasteiger partial charge < -0.3 is 4.98 Å². The predicted octanol–water partition coefficient (Wildman–Crippen LogP) is 4.33. The predicted molar refractivity (Wildman–Crippen MR) is 71.2 cm³/mol. The number of imidazole rings is 1. The van der Waals surface area contributed by atoms with Crippen LogP contribution in [0, 0.1) is 12.7 Å². The zero-order valence-corrected chi connectivity index (χ0v) is 10.4. The van der Waals surface area contributed by atoms with Gasteiger partial charge in [0.2, 0.25) is 0 Å². The molecule has 18 heavy (non-hydrogen) atoms. The molecule has 3 aromatic rings. The molecule has 90 valence electrons. The van der Waals surface area contributed by atoms with E-state index in [9.17, 15) is 4.39 Å². The molecule has 0 fully saturated rings. The smallest absolute Gasteiger partial charge is 0.152 e. The van der Waals surface area contributed by atoms with E-state index < -0.39 is 5.82 Å². The molecule has 0 bridgehead atoms. The van der Waals surface area contributed by atoms with Gasteiger partial charge in [0.1, 0.15) is 5.82 Å². The lowest BCUT2D eigenvalue weighted by molar-refractivity contribution is 0.630. The fraction of sp³-hybridized carbons (Fsp3) is 0.0714. The molecular formula is C14H10ClFN2. The Bertz CT molecular complexity index is 734. The van der Waals surface area contributed by atoms with Crippen LogP contribution in [0.5, 0.6) is 0 Å². The number of nitrogens with zero attached hydrogens (tertiary/aromatic N) is 1. The normalized spacial score (nSPS) is 11.1. The summed E-state index contributed by atoms with van der Waals surface area (Å²) in [5, 5.41) is 0.101. The highest BCUT2D eigenvalue weighted by Crippen LogP contribution is 2.27.